The summed E-state index contributed by atoms with van der Waals surface area (Å²) in [5, 5.41) is 49.8. The zero-order chi connectivity index (χ0) is 26.2. The lowest BCUT2D eigenvalue weighted by Gasteiger charge is -2.27. The normalized spacial score (nSPS) is 43.0. The maximum Gasteiger partial charge on any atom is 0.186 e. The van der Waals surface area contributed by atoms with Gasteiger partial charge in [-0.05, 0) is 6.42 Å². The van der Waals surface area contributed by atoms with Crippen LogP contribution < -0.4 is 11.5 Å². The highest BCUT2D eigenvalue weighted by Crippen LogP contribution is 2.31. The first-order valence-corrected chi connectivity index (χ1v) is 12.9. The van der Waals surface area contributed by atoms with Crippen molar-refractivity contribution in [1.29, 1.82) is 0 Å². The molecule has 36 heavy (non-hydrogen) atoms. The second-order valence-electron chi connectivity index (χ2n) is 9.69. The first-order valence-electron chi connectivity index (χ1n) is 12.9. The lowest BCUT2D eigenvalue weighted by Crippen LogP contribution is -2.47. The molecular formula is C23H44N2O11. The average molecular weight is 525 g/mol. The first-order chi connectivity index (χ1) is 17.3. The lowest BCUT2D eigenvalue weighted by atomic mass is 10.1. The third-order valence-corrected chi connectivity index (χ3v) is 6.94. The van der Waals surface area contributed by atoms with Crippen molar-refractivity contribution >= 4 is 0 Å². The highest BCUT2D eigenvalue weighted by atomic mass is 16.8. The van der Waals surface area contributed by atoms with E-state index >= 15 is 0 Å². The van der Waals surface area contributed by atoms with Gasteiger partial charge in [0.05, 0.1) is 31.9 Å². The van der Waals surface area contributed by atoms with Crippen LogP contribution in [-0.4, -0.2) is 126 Å². The van der Waals surface area contributed by atoms with Crippen LogP contribution in [-0.2, 0) is 28.4 Å². The van der Waals surface area contributed by atoms with Crippen LogP contribution in [0.3, 0.4) is 0 Å². The van der Waals surface area contributed by atoms with Crippen molar-refractivity contribution in [2.24, 2.45) is 11.5 Å². The minimum atomic E-state index is -1.21. The minimum absolute atomic E-state index is 0.143. The van der Waals surface area contributed by atoms with Gasteiger partial charge in [0.15, 0.2) is 18.9 Å². The molecule has 3 aliphatic heterocycles. The molecule has 0 bridgehead atoms. The third-order valence-electron chi connectivity index (χ3n) is 6.94. The van der Waals surface area contributed by atoms with E-state index in [9.17, 15) is 25.5 Å². The molecule has 12 atom stereocenters. The highest BCUT2D eigenvalue weighted by molar-refractivity contribution is 4.95. The number of hydrogen-bond donors (Lipinski definition) is 7. The van der Waals surface area contributed by atoms with Crippen molar-refractivity contribution in [2.45, 2.75) is 119 Å². The summed E-state index contributed by atoms with van der Waals surface area (Å²) in [6, 6.07) is -1.84. The molecule has 3 aliphatic rings. The van der Waals surface area contributed by atoms with Gasteiger partial charge in [-0.25, -0.2) is 0 Å². The largest absolute Gasteiger partial charge is 0.394 e. The van der Waals surface area contributed by atoms with Crippen LogP contribution in [0.2, 0.25) is 0 Å². The van der Waals surface area contributed by atoms with Crippen LogP contribution >= 0.6 is 0 Å². The van der Waals surface area contributed by atoms with Crippen molar-refractivity contribution in [1.82, 2.24) is 0 Å². The molecule has 0 saturated carbocycles. The summed E-state index contributed by atoms with van der Waals surface area (Å²) >= 11 is 0. The molecule has 0 aromatic carbocycles. The number of aliphatic hydroxyl groups is 5. The van der Waals surface area contributed by atoms with Gasteiger partial charge in [0.1, 0.15) is 42.7 Å². The Bertz CT molecular complexity index is 635. The number of nitrogens with two attached hydrogens (primary N) is 2. The van der Waals surface area contributed by atoms with Gasteiger partial charge in [-0.3, -0.25) is 0 Å². The van der Waals surface area contributed by atoms with E-state index in [1.165, 1.54) is 19.3 Å². The fraction of sp³-hybridized carbons (Fsp3) is 1.00. The molecule has 3 heterocycles. The van der Waals surface area contributed by atoms with E-state index in [0.29, 0.717) is 6.61 Å². The Morgan fingerprint density at radius 1 is 0.667 bits per heavy atom. The summed E-state index contributed by atoms with van der Waals surface area (Å²) in [4.78, 5) is 0. The molecule has 0 aromatic heterocycles. The van der Waals surface area contributed by atoms with Crippen molar-refractivity contribution < 1.29 is 54.0 Å². The molecule has 9 N–H and O–H groups in total. The molecule has 3 fully saturated rings. The Morgan fingerprint density at radius 3 is 1.83 bits per heavy atom. The van der Waals surface area contributed by atoms with E-state index in [1.54, 1.807) is 0 Å². The van der Waals surface area contributed by atoms with Crippen LogP contribution in [0.25, 0.3) is 0 Å². The summed E-state index contributed by atoms with van der Waals surface area (Å²) in [6.07, 6.45) is -3.73. The SMILES string of the molecule is CCCCCCCCO[C@H]1O[C@H](CO[C@H]2O[C@H](CO)[C@@H](O)[C@@H]2N)[C@@H](O[C@H]2O[C@H](CO)[C@@H](O)[C@@H]2N)[C@@H]1O. The van der Waals surface area contributed by atoms with E-state index in [0.717, 1.165) is 19.3 Å². The molecular weight excluding hydrogens is 480 g/mol. The molecule has 0 amide bonds. The number of rotatable bonds is 15. The zero-order valence-electron chi connectivity index (χ0n) is 20.8. The molecule has 0 aliphatic carbocycles. The smallest absolute Gasteiger partial charge is 0.186 e. The van der Waals surface area contributed by atoms with Crippen molar-refractivity contribution in [3.05, 3.63) is 0 Å². The fourth-order valence-electron chi connectivity index (χ4n) is 4.65. The van der Waals surface area contributed by atoms with Gasteiger partial charge in [-0.15, -0.1) is 0 Å². The lowest BCUT2D eigenvalue weighted by molar-refractivity contribution is -0.210. The molecule has 3 saturated heterocycles. The summed E-state index contributed by atoms with van der Waals surface area (Å²) < 4.78 is 34.3. The van der Waals surface area contributed by atoms with Crippen LogP contribution in [0.5, 0.6) is 0 Å². The molecule has 13 heteroatoms. The van der Waals surface area contributed by atoms with Gasteiger partial charge >= 0.3 is 0 Å². The molecule has 0 radical (unpaired) electrons. The summed E-state index contributed by atoms with van der Waals surface area (Å²) in [5.41, 5.74) is 11.9. The van der Waals surface area contributed by atoms with Crippen LogP contribution in [0.15, 0.2) is 0 Å². The topological polar surface area (TPSA) is 209 Å². The van der Waals surface area contributed by atoms with Crippen LogP contribution in [0.4, 0.5) is 0 Å². The van der Waals surface area contributed by atoms with Crippen LogP contribution in [0, 0.1) is 0 Å². The number of aliphatic hydroxyl groups excluding tert-OH is 5. The molecule has 13 nitrogen and oxygen atoms in total. The van der Waals surface area contributed by atoms with Crippen molar-refractivity contribution in [3.63, 3.8) is 0 Å². The second-order valence-corrected chi connectivity index (χ2v) is 9.69. The Kier molecular flexibility index (Phi) is 12.2. The quantitative estimate of drug-likeness (QED) is 0.112. The Balaban J connectivity index is 1.57. The fourth-order valence-corrected chi connectivity index (χ4v) is 4.65. The van der Waals surface area contributed by atoms with Crippen LogP contribution in [0.1, 0.15) is 45.4 Å². The number of unbranched alkanes of at least 4 members (excludes halogenated alkanes) is 5. The van der Waals surface area contributed by atoms with Crippen molar-refractivity contribution in [2.75, 3.05) is 26.4 Å². The second kappa shape index (κ2) is 14.6. The molecule has 212 valence electrons. The average Bonchev–Trinajstić information content (AvgIpc) is 3.44. The maximum absolute atomic E-state index is 10.9. The first kappa shape index (κ1) is 30.0. The standard InChI is InChI=1S/C23H44N2O11/c1-2-3-4-5-6-7-8-31-23-19(30)20(36-22-16(25)18(29)13(10-27)34-22)14(35-23)11-32-21-15(24)17(28)12(9-26)33-21/h12-23,26-30H,2-11,24-25H2,1H3/t12-,13-,14-,15+,16+,17-,18-,19+,20-,21+,22-,23+/m1/s1. The van der Waals surface area contributed by atoms with Crippen molar-refractivity contribution in [3.8, 4) is 0 Å². The van der Waals surface area contributed by atoms with E-state index < -0.39 is 86.9 Å². The monoisotopic (exact) mass is 524 g/mol. The number of ether oxygens (including phenoxy) is 6. The maximum atomic E-state index is 10.9. The third kappa shape index (κ3) is 7.32. The summed E-state index contributed by atoms with van der Waals surface area (Å²) in [5.74, 6) is 0. The predicted molar refractivity (Wildman–Crippen MR) is 124 cm³/mol. The Labute approximate surface area is 211 Å². The molecule has 0 unspecified atom stereocenters. The minimum Gasteiger partial charge on any atom is -0.394 e. The van der Waals surface area contributed by atoms with Gasteiger partial charge in [0.2, 0.25) is 0 Å². The van der Waals surface area contributed by atoms with Gasteiger partial charge < -0.3 is 65.4 Å². The van der Waals surface area contributed by atoms with Gasteiger partial charge in [-0.2, -0.15) is 0 Å². The van der Waals surface area contributed by atoms with Gasteiger partial charge in [0.25, 0.3) is 0 Å². The highest BCUT2D eigenvalue weighted by Gasteiger charge is 2.51. The zero-order valence-corrected chi connectivity index (χ0v) is 20.8. The van der Waals surface area contributed by atoms with E-state index in [4.69, 9.17) is 39.9 Å². The molecule has 3 rings (SSSR count). The summed E-state index contributed by atoms with van der Waals surface area (Å²) in [6.45, 7) is 1.54. The number of hydrogen-bond acceptors (Lipinski definition) is 13. The molecule has 0 spiro atoms. The predicted octanol–water partition coefficient (Wildman–Crippen LogP) is -2.34. The van der Waals surface area contributed by atoms with Gasteiger partial charge in [-0.1, -0.05) is 39.0 Å². The molecule has 0 aromatic rings. The van der Waals surface area contributed by atoms with E-state index in [2.05, 4.69) is 6.92 Å². The van der Waals surface area contributed by atoms with Gasteiger partial charge in [0, 0.05) is 6.61 Å². The van der Waals surface area contributed by atoms with E-state index in [1.807, 2.05) is 0 Å². The van der Waals surface area contributed by atoms with E-state index in [-0.39, 0.29) is 6.61 Å². The Hall–Kier alpha value is -0.520. The Morgan fingerprint density at radius 2 is 1.22 bits per heavy atom. The summed E-state index contributed by atoms with van der Waals surface area (Å²) in [7, 11) is 0.